The van der Waals surface area contributed by atoms with Crippen LogP contribution in [-0.2, 0) is 4.79 Å². The van der Waals surface area contributed by atoms with Gasteiger partial charge in [0.25, 0.3) is 17.7 Å². The van der Waals surface area contributed by atoms with Gasteiger partial charge >= 0.3 is 0 Å². The maximum absolute atomic E-state index is 12.6. The van der Waals surface area contributed by atoms with Gasteiger partial charge in [0.2, 0.25) is 0 Å². The van der Waals surface area contributed by atoms with Crippen molar-refractivity contribution < 1.29 is 14.4 Å². The van der Waals surface area contributed by atoms with Crippen LogP contribution >= 0.6 is 0 Å². The lowest BCUT2D eigenvalue weighted by molar-refractivity contribution is -0.121. The van der Waals surface area contributed by atoms with Gasteiger partial charge in [-0.15, -0.1) is 0 Å². The summed E-state index contributed by atoms with van der Waals surface area (Å²) in [6.07, 6.45) is 14.9. The highest BCUT2D eigenvalue weighted by atomic mass is 16.2. The third kappa shape index (κ3) is 4.96. The molecule has 1 aromatic rings. The number of benzene rings is 1. The zero-order valence-corrected chi connectivity index (χ0v) is 19.6. The third-order valence-electron chi connectivity index (χ3n) is 6.14. The van der Waals surface area contributed by atoms with E-state index in [0.29, 0.717) is 10.5 Å². The Balaban J connectivity index is 1.66. The Morgan fingerprint density at radius 3 is 2.22 bits per heavy atom. The lowest BCUT2D eigenvalue weighted by Crippen LogP contribution is -2.34. The van der Waals surface area contributed by atoms with Gasteiger partial charge in [-0.2, -0.15) is 0 Å². The first-order chi connectivity index (χ1) is 15.1. The Hall–Kier alpha value is -3.27. The van der Waals surface area contributed by atoms with Crippen molar-refractivity contribution in [2.45, 2.75) is 53.9 Å². The van der Waals surface area contributed by atoms with Crippen LogP contribution in [-0.4, -0.2) is 22.6 Å². The van der Waals surface area contributed by atoms with Crippen molar-refractivity contribution >= 4 is 17.7 Å². The van der Waals surface area contributed by atoms with Crippen LogP contribution in [0.3, 0.4) is 0 Å². The van der Waals surface area contributed by atoms with E-state index in [4.69, 9.17) is 0 Å². The van der Waals surface area contributed by atoms with Gasteiger partial charge in [-0.3, -0.25) is 14.4 Å². The van der Waals surface area contributed by atoms with Crippen LogP contribution in [0.4, 0.5) is 0 Å². The number of hydrogen-bond donors (Lipinski definition) is 0. The zero-order chi connectivity index (χ0) is 23.5. The fourth-order valence-electron chi connectivity index (χ4n) is 4.33. The minimum absolute atomic E-state index is 0.207. The van der Waals surface area contributed by atoms with Crippen molar-refractivity contribution in [3.63, 3.8) is 0 Å². The normalized spacial score (nSPS) is 19.5. The maximum atomic E-state index is 12.6. The highest BCUT2D eigenvalue weighted by Gasteiger charge is 2.38. The van der Waals surface area contributed by atoms with E-state index < -0.39 is 17.7 Å². The minimum Gasteiger partial charge on any atom is -0.269 e. The number of rotatable bonds is 5. The molecule has 1 heterocycles. The van der Waals surface area contributed by atoms with Gasteiger partial charge in [0.15, 0.2) is 0 Å². The van der Waals surface area contributed by atoms with Gasteiger partial charge in [-0.25, -0.2) is 4.90 Å². The molecule has 0 fully saturated rings. The number of nitrogens with zero attached hydrogens (tertiary/aromatic N) is 1. The quantitative estimate of drug-likeness (QED) is 0.312. The number of fused-ring (bicyclic) bond motifs is 1. The molecule has 0 bridgehead atoms. The van der Waals surface area contributed by atoms with Crippen molar-refractivity contribution in [1.82, 2.24) is 4.90 Å². The molecule has 3 rings (SSSR count). The maximum Gasteiger partial charge on any atom is 0.268 e. The molecule has 4 nitrogen and oxygen atoms in total. The lowest BCUT2D eigenvalue weighted by atomic mass is 9.72. The highest BCUT2D eigenvalue weighted by molar-refractivity contribution is 6.30. The van der Waals surface area contributed by atoms with E-state index in [9.17, 15) is 14.4 Å². The van der Waals surface area contributed by atoms with E-state index in [1.54, 1.807) is 37.3 Å². The van der Waals surface area contributed by atoms with Crippen LogP contribution in [0, 0.1) is 5.41 Å². The molecular weight excluding hydrogens is 398 g/mol. The molecule has 166 valence electrons. The Morgan fingerprint density at radius 1 is 1.00 bits per heavy atom. The number of carbonyl (C=O) groups is 3. The van der Waals surface area contributed by atoms with Gasteiger partial charge in [0.05, 0.1) is 11.1 Å². The Morgan fingerprint density at radius 2 is 1.62 bits per heavy atom. The summed E-state index contributed by atoms with van der Waals surface area (Å²) >= 11 is 0. The van der Waals surface area contributed by atoms with E-state index in [0.717, 1.165) is 12.0 Å². The molecule has 0 saturated carbocycles. The molecule has 0 spiro atoms. The molecule has 0 aromatic heterocycles. The third-order valence-corrected chi connectivity index (χ3v) is 6.14. The van der Waals surface area contributed by atoms with Crippen LogP contribution in [0.15, 0.2) is 83.0 Å². The van der Waals surface area contributed by atoms with Crippen LogP contribution in [0.2, 0.25) is 0 Å². The van der Waals surface area contributed by atoms with E-state index in [1.807, 2.05) is 19.1 Å². The van der Waals surface area contributed by atoms with Gasteiger partial charge in [0, 0.05) is 6.08 Å². The molecule has 1 aromatic carbocycles. The minimum atomic E-state index is -0.624. The molecular formula is C28H31NO3. The van der Waals surface area contributed by atoms with Crippen LogP contribution < -0.4 is 0 Å². The number of hydrogen-bond acceptors (Lipinski definition) is 3. The van der Waals surface area contributed by atoms with Crippen molar-refractivity contribution in [2.24, 2.45) is 5.41 Å². The monoisotopic (exact) mass is 429 g/mol. The largest absolute Gasteiger partial charge is 0.269 e. The Bertz CT molecular complexity index is 1070. The van der Waals surface area contributed by atoms with Crippen LogP contribution in [0.1, 0.15) is 74.6 Å². The van der Waals surface area contributed by atoms with E-state index in [-0.39, 0.29) is 16.5 Å². The van der Waals surface area contributed by atoms with Gasteiger partial charge in [-0.05, 0) is 68.7 Å². The van der Waals surface area contributed by atoms with Gasteiger partial charge in [0.1, 0.15) is 0 Å². The molecule has 1 aliphatic carbocycles. The number of imide groups is 3. The average molecular weight is 430 g/mol. The van der Waals surface area contributed by atoms with Crippen LogP contribution in [0.25, 0.3) is 0 Å². The molecule has 0 unspecified atom stereocenters. The second kappa shape index (κ2) is 9.47. The summed E-state index contributed by atoms with van der Waals surface area (Å²) in [7, 11) is 0. The standard InChI is InChI=1S/C28H31NO3/c1-19(15-16-24-21(3)12-9-17-28(24,4)5)10-8-11-20(2)18-25(30)29-26(31)22-13-6-7-14-23(22)27(29)32/h6-8,10-11,13-16,18H,9,12,17H2,1-5H3/b11-8+,16-15+,19-10+,20-18+. The second-order valence-electron chi connectivity index (χ2n) is 9.25. The predicted octanol–water partition coefficient (Wildman–Crippen LogP) is 6.34. The summed E-state index contributed by atoms with van der Waals surface area (Å²) in [4.78, 5) is 38.1. The molecule has 0 atom stereocenters. The molecule has 3 amide bonds. The number of amides is 3. The predicted molar refractivity (Wildman–Crippen MR) is 128 cm³/mol. The lowest BCUT2D eigenvalue weighted by Gasteiger charge is -2.32. The van der Waals surface area contributed by atoms with Crippen molar-refractivity contribution in [3.05, 3.63) is 94.1 Å². The van der Waals surface area contributed by atoms with Gasteiger partial charge in [-0.1, -0.05) is 67.5 Å². The molecule has 32 heavy (non-hydrogen) atoms. The summed E-state index contributed by atoms with van der Waals surface area (Å²) in [5, 5.41) is 0. The summed E-state index contributed by atoms with van der Waals surface area (Å²) in [6, 6.07) is 6.48. The fraction of sp³-hybridized carbons (Fsp3) is 0.321. The van der Waals surface area contributed by atoms with Crippen molar-refractivity contribution in [3.8, 4) is 0 Å². The fourth-order valence-corrected chi connectivity index (χ4v) is 4.33. The molecule has 4 heteroatoms. The number of allylic oxidation sites excluding steroid dienone is 9. The van der Waals surface area contributed by atoms with E-state index >= 15 is 0 Å². The Kier molecular flexibility index (Phi) is 6.93. The van der Waals surface area contributed by atoms with Crippen molar-refractivity contribution in [1.29, 1.82) is 0 Å². The number of carbonyl (C=O) groups excluding carboxylic acids is 3. The molecule has 0 saturated heterocycles. The van der Waals surface area contributed by atoms with E-state index in [1.165, 1.54) is 30.1 Å². The highest BCUT2D eigenvalue weighted by Crippen LogP contribution is 2.40. The SMILES string of the molecule is CC1=C(/C=C/C(C)=C/C=C/C(C)=C/C(=O)N2C(=O)c3ccccc3C2=O)C(C)(C)CCC1. The zero-order valence-electron chi connectivity index (χ0n) is 19.6. The smallest absolute Gasteiger partial charge is 0.268 e. The van der Waals surface area contributed by atoms with Crippen LogP contribution in [0.5, 0.6) is 0 Å². The second-order valence-corrected chi connectivity index (χ2v) is 9.25. The molecule has 0 radical (unpaired) electrons. The summed E-state index contributed by atoms with van der Waals surface area (Å²) < 4.78 is 0. The summed E-state index contributed by atoms with van der Waals surface area (Å²) in [5.74, 6) is -1.76. The topological polar surface area (TPSA) is 54.5 Å². The summed E-state index contributed by atoms with van der Waals surface area (Å²) in [5.41, 5.74) is 5.38. The first-order valence-electron chi connectivity index (χ1n) is 11.0. The molecule has 2 aliphatic rings. The van der Waals surface area contributed by atoms with Crippen molar-refractivity contribution in [2.75, 3.05) is 0 Å². The molecule has 0 N–H and O–H groups in total. The first kappa shape index (κ1) is 23.4. The summed E-state index contributed by atoms with van der Waals surface area (Å²) in [6.45, 7) is 10.6. The first-order valence-corrected chi connectivity index (χ1v) is 11.0. The van der Waals surface area contributed by atoms with E-state index in [2.05, 4.69) is 32.9 Å². The average Bonchev–Trinajstić information content (AvgIpc) is 2.98. The van der Waals surface area contributed by atoms with Gasteiger partial charge < -0.3 is 0 Å². The molecule has 1 aliphatic heterocycles. The Labute approximate surface area is 190 Å².